The van der Waals surface area contributed by atoms with Gasteiger partial charge in [0.05, 0.1) is 0 Å². The molecule has 0 spiro atoms. The topological polar surface area (TPSA) is 58.1 Å². The van der Waals surface area contributed by atoms with E-state index >= 15 is 0 Å². The molecule has 1 fully saturated rings. The van der Waals surface area contributed by atoms with Gasteiger partial charge in [-0.3, -0.25) is 4.99 Å². The Labute approximate surface area is 180 Å². The van der Waals surface area contributed by atoms with Gasteiger partial charge < -0.3 is 25.0 Å². The third kappa shape index (κ3) is 7.03. The van der Waals surface area contributed by atoms with Crippen LogP contribution in [0.1, 0.15) is 32.3 Å². The standard InChI is InChI=1S/C20H32N4O2.HI/c1-3-21-20(23-13-16(2)14-24-10-4-5-11-24)22-9-8-17-6-7-18-19(12-17)26-15-25-18;/h6-7,12,16H,3-5,8-11,13-15H2,1-2H3,(H2,21,22,23);1H. The number of halogens is 1. The first-order valence-electron chi connectivity index (χ1n) is 9.87. The van der Waals surface area contributed by atoms with E-state index in [0.29, 0.717) is 12.7 Å². The van der Waals surface area contributed by atoms with Crippen LogP contribution in [0, 0.1) is 5.92 Å². The van der Waals surface area contributed by atoms with Gasteiger partial charge in [-0.1, -0.05) is 13.0 Å². The molecule has 0 aliphatic carbocycles. The van der Waals surface area contributed by atoms with Crippen molar-refractivity contribution in [3.8, 4) is 11.5 Å². The van der Waals surface area contributed by atoms with Crippen LogP contribution in [0.15, 0.2) is 23.2 Å². The summed E-state index contributed by atoms with van der Waals surface area (Å²) in [7, 11) is 0. The minimum Gasteiger partial charge on any atom is -0.454 e. The molecule has 0 bridgehead atoms. The number of nitrogens with zero attached hydrogens (tertiary/aromatic N) is 2. The molecule has 0 aromatic heterocycles. The smallest absolute Gasteiger partial charge is 0.231 e. The number of aliphatic imine (C=N–C) groups is 1. The Morgan fingerprint density at radius 2 is 1.96 bits per heavy atom. The number of hydrogen-bond donors (Lipinski definition) is 2. The lowest BCUT2D eigenvalue weighted by Crippen LogP contribution is -2.39. The Morgan fingerprint density at radius 3 is 2.74 bits per heavy atom. The molecule has 0 saturated carbocycles. The second-order valence-corrected chi connectivity index (χ2v) is 7.20. The number of benzene rings is 1. The van der Waals surface area contributed by atoms with Crippen molar-refractivity contribution in [2.75, 3.05) is 46.1 Å². The highest BCUT2D eigenvalue weighted by molar-refractivity contribution is 14.0. The van der Waals surface area contributed by atoms with Crippen LogP contribution in [0.4, 0.5) is 0 Å². The average molecular weight is 488 g/mol. The van der Waals surface area contributed by atoms with E-state index in [9.17, 15) is 0 Å². The van der Waals surface area contributed by atoms with Gasteiger partial charge in [0.15, 0.2) is 17.5 Å². The highest BCUT2D eigenvalue weighted by atomic mass is 127. The van der Waals surface area contributed by atoms with Crippen LogP contribution >= 0.6 is 24.0 Å². The van der Waals surface area contributed by atoms with Crippen LogP contribution in [0.25, 0.3) is 0 Å². The van der Waals surface area contributed by atoms with Crippen molar-refractivity contribution in [1.29, 1.82) is 0 Å². The fraction of sp³-hybridized carbons (Fsp3) is 0.650. The van der Waals surface area contributed by atoms with Gasteiger partial charge in [-0.25, -0.2) is 0 Å². The molecular weight excluding hydrogens is 455 g/mol. The molecule has 1 atom stereocenters. The first-order chi connectivity index (χ1) is 12.7. The van der Waals surface area contributed by atoms with Crippen LogP contribution in [0.2, 0.25) is 0 Å². The van der Waals surface area contributed by atoms with E-state index in [-0.39, 0.29) is 24.0 Å². The predicted octanol–water partition coefficient (Wildman–Crippen LogP) is 2.86. The van der Waals surface area contributed by atoms with Crippen LogP contribution in [-0.2, 0) is 6.42 Å². The number of rotatable bonds is 8. The summed E-state index contributed by atoms with van der Waals surface area (Å²) < 4.78 is 10.8. The van der Waals surface area contributed by atoms with Gasteiger partial charge in [-0.05, 0) is 62.9 Å². The Balaban J connectivity index is 0.00000261. The molecule has 2 aliphatic heterocycles. The van der Waals surface area contributed by atoms with Gasteiger partial charge in [0.1, 0.15) is 0 Å². The SMILES string of the molecule is CCNC(=NCC(C)CN1CCCC1)NCCc1ccc2c(c1)OCO2.I. The van der Waals surface area contributed by atoms with E-state index in [1.54, 1.807) is 0 Å². The molecule has 3 rings (SSSR count). The lowest BCUT2D eigenvalue weighted by atomic mass is 10.1. The maximum atomic E-state index is 5.44. The van der Waals surface area contributed by atoms with Crippen LogP contribution in [-0.4, -0.2) is 56.9 Å². The Hall–Kier alpha value is -1.22. The summed E-state index contributed by atoms with van der Waals surface area (Å²) in [6.45, 7) is 10.9. The van der Waals surface area contributed by atoms with E-state index in [1.807, 2.05) is 6.07 Å². The van der Waals surface area contributed by atoms with Gasteiger partial charge in [-0.2, -0.15) is 0 Å². The number of hydrogen-bond acceptors (Lipinski definition) is 4. The molecule has 1 unspecified atom stereocenters. The molecule has 2 heterocycles. The first-order valence-corrected chi connectivity index (χ1v) is 9.87. The number of ether oxygens (including phenoxy) is 2. The van der Waals surface area contributed by atoms with Crippen molar-refractivity contribution in [3.63, 3.8) is 0 Å². The first kappa shape index (κ1) is 22.1. The van der Waals surface area contributed by atoms with E-state index in [2.05, 4.69) is 41.5 Å². The van der Waals surface area contributed by atoms with Crippen LogP contribution in [0.5, 0.6) is 11.5 Å². The van der Waals surface area contributed by atoms with Gasteiger partial charge in [-0.15, -0.1) is 24.0 Å². The predicted molar refractivity (Wildman–Crippen MR) is 121 cm³/mol. The minimum absolute atomic E-state index is 0. The van der Waals surface area contributed by atoms with E-state index in [1.165, 1.54) is 31.5 Å². The molecule has 0 radical (unpaired) electrons. The number of nitrogens with one attached hydrogen (secondary N) is 2. The van der Waals surface area contributed by atoms with Crippen molar-refractivity contribution in [2.24, 2.45) is 10.9 Å². The van der Waals surface area contributed by atoms with Gasteiger partial charge in [0.2, 0.25) is 6.79 Å². The molecule has 2 N–H and O–H groups in total. The maximum Gasteiger partial charge on any atom is 0.231 e. The molecule has 6 nitrogen and oxygen atoms in total. The summed E-state index contributed by atoms with van der Waals surface area (Å²) in [5, 5.41) is 6.78. The summed E-state index contributed by atoms with van der Waals surface area (Å²) in [5.41, 5.74) is 1.24. The molecule has 2 aliphatic rings. The summed E-state index contributed by atoms with van der Waals surface area (Å²) in [4.78, 5) is 7.32. The van der Waals surface area contributed by atoms with Crippen molar-refractivity contribution in [2.45, 2.75) is 33.1 Å². The molecular formula is C20H33IN4O2. The largest absolute Gasteiger partial charge is 0.454 e. The third-order valence-corrected chi connectivity index (χ3v) is 4.82. The molecule has 0 amide bonds. The summed E-state index contributed by atoms with van der Waals surface area (Å²) >= 11 is 0. The lowest BCUT2D eigenvalue weighted by Gasteiger charge is -2.19. The van der Waals surface area contributed by atoms with Crippen molar-refractivity contribution < 1.29 is 9.47 Å². The minimum atomic E-state index is 0. The maximum absolute atomic E-state index is 5.44. The fourth-order valence-corrected chi connectivity index (χ4v) is 3.47. The quantitative estimate of drug-likeness (QED) is 0.335. The Kier molecular flexibility index (Phi) is 9.47. The highest BCUT2D eigenvalue weighted by Crippen LogP contribution is 2.32. The molecule has 1 aromatic rings. The summed E-state index contributed by atoms with van der Waals surface area (Å²) in [5.74, 6) is 3.17. The Bertz CT molecular complexity index is 606. The van der Waals surface area contributed by atoms with E-state index < -0.39 is 0 Å². The Morgan fingerprint density at radius 1 is 1.19 bits per heavy atom. The zero-order valence-electron chi connectivity index (χ0n) is 16.5. The van der Waals surface area contributed by atoms with Crippen LogP contribution in [0.3, 0.4) is 0 Å². The lowest BCUT2D eigenvalue weighted by molar-refractivity contribution is 0.174. The average Bonchev–Trinajstić information content (AvgIpc) is 3.30. The van der Waals surface area contributed by atoms with Gasteiger partial charge in [0, 0.05) is 26.2 Å². The second kappa shape index (κ2) is 11.6. The molecule has 152 valence electrons. The molecule has 1 aromatic carbocycles. The number of fused-ring (bicyclic) bond motifs is 1. The van der Waals surface area contributed by atoms with E-state index in [0.717, 1.165) is 50.1 Å². The zero-order chi connectivity index (χ0) is 18.2. The monoisotopic (exact) mass is 488 g/mol. The number of guanidine groups is 1. The summed E-state index contributed by atoms with van der Waals surface area (Å²) in [6, 6.07) is 6.14. The van der Waals surface area contributed by atoms with Gasteiger partial charge >= 0.3 is 0 Å². The van der Waals surface area contributed by atoms with Gasteiger partial charge in [0.25, 0.3) is 0 Å². The fourth-order valence-electron chi connectivity index (χ4n) is 3.47. The number of likely N-dealkylation sites (tertiary alicyclic amines) is 1. The normalized spacial score (nSPS) is 17.5. The van der Waals surface area contributed by atoms with E-state index in [4.69, 9.17) is 14.5 Å². The molecule has 7 heteroatoms. The van der Waals surface area contributed by atoms with Crippen molar-refractivity contribution >= 4 is 29.9 Å². The highest BCUT2D eigenvalue weighted by Gasteiger charge is 2.15. The van der Waals surface area contributed by atoms with Crippen molar-refractivity contribution in [1.82, 2.24) is 15.5 Å². The summed E-state index contributed by atoms with van der Waals surface area (Å²) in [6.07, 6.45) is 3.62. The molecule has 27 heavy (non-hydrogen) atoms. The second-order valence-electron chi connectivity index (χ2n) is 7.20. The molecule has 1 saturated heterocycles. The van der Waals surface area contributed by atoms with Crippen LogP contribution < -0.4 is 20.1 Å². The zero-order valence-corrected chi connectivity index (χ0v) is 18.8. The van der Waals surface area contributed by atoms with Crippen molar-refractivity contribution in [3.05, 3.63) is 23.8 Å². The third-order valence-electron chi connectivity index (χ3n) is 4.82.